The number of fused-ring (bicyclic) bond motifs is 1. The highest BCUT2D eigenvalue weighted by atomic mass is 35.5. The number of rotatable bonds is 7. The molecule has 0 aromatic heterocycles. The summed E-state index contributed by atoms with van der Waals surface area (Å²) in [7, 11) is 1.50. The SMILES string of the molecule is CNC(=O)[C@H](C)N(Cc1ccc(Cl)c(Cl)c1)C(=O)CCN1C(=O)[C@H]2CC=CC[C@H]2C1=O. The van der Waals surface area contributed by atoms with E-state index in [0.29, 0.717) is 28.5 Å². The van der Waals surface area contributed by atoms with Gasteiger partial charge in [-0.05, 0) is 37.5 Å². The number of benzene rings is 1. The van der Waals surface area contributed by atoms with Crippen LogP contribution in [0.3, 0.4) is 0 Å². The normalized spacial score (nSPS) is 21.1. The number of carbonyl (C=O) groups is 4. The van der Waals surface area contributed by atoms with Gasteiger partial charge in [0, 0.05) is 26.6 Å². The number of carbonyl (C=O) groups excluding carboxylic acids is 4. The van der Waals surface area contributed by atoms with Gasteiger partial charge in [-0.3, -0.25) is 24.1 Å². The van der Waals surface area contributed by atoms with Crippen molar-refractivity contribution in [1.29, 1.82) is 0 Å². The van der Waals surface area contributed by atoms with Crippen LogP contribution in [0.5, 0.6) is 0 Å². The van der Waals surface area contributed by atoms with Crippen molar-refractivity contribution in [1.82, 2.24) is 15.1 Å². The molecule has 1 heterocycles. The molecule has 1 N–H and O–H groups in total. The molecule has 1 aliphatic heterocycles. The Morgan fingerprint density at radius 1 is 1.13 bits per heavy atom. The van der Waals surface area contributed by atoms with Crippen molar-refractivity contribution in [2.45, 2.75) is 38.8 Å². The van der Waals surface area contributed by atoms with Crippen molar-refractivity contribution < 1.29 is 19.2 Å². The van der Waals surface area contributed by atoms with E-state index in [1.54, 1.807) is 25.1 Å². The average molecular weight is 466 g/mol. The fourth-order valence-electron chi connectivity index (χ4n) is 4.07. The second kappa shape index (κ2) is 9.83. The van der Waals surface area contributed by atoms with E-state index in [1.807, 2.05) is 12.2 Å². The molecule has 0 spiro atoms. The van der Waals surface area contributed by atoms with Crippen LogP contribution in [0.2, 0.25) is 10.0 Å². The molecule has 1 aliphatic carbocycles. The van der Waals surface area contributed by atoms with E-state index in [-0.39, 0.29) is 55.0 Å². The minimum absolute atomic E-state index is 0.00182. The van der Waals surface area contributed by atoms with Crippen LogP contribution in [0.15, 0.2) is 30.4 Å². The number of imide groups is 1. The molecule has 1 saturated heterocycles. The molecule has 0 bridgehead atoms. The van der Waals surface area contributed by atoms with Crippen molar-refractivity contribution in [3.8, 4) is 0 Å². The molecule has 166 valence electrons. The third-order valence-corrected chi connectivity index (χ3v) is 6.64. The summed E-state index contributed by atoms with van der Waals surface area (Å²) in [4.78, 5) is 53.2. The molecule has 1 aromatic rings. The van der Waals surface area contributed by atoms with Gasteiger partial charge in [0.05, 0.1) is 21.9 Å². The zero-order valence-corrected chi connectivity index (χ0v) is 18.9. The molecule has 3 atom stereocenters. The first-order valence-corrected chi connectivity index (χ1v) is 11.0. The lowest BCUT2D eigenvalue weighted by Crippen LogP contribution is -2.47. The van der Waals surface area contributed by atoms with Crippen molar-refractivity contribution >= 4 is 46.8 Å². The standard InChI is InChI=1S/C22H25Cl2N3O4/c1-13(20(29)25-2)27(12-14-7-8-17(23)18(24)11-14)19(28)9-10-26-21(30)15-5-3-4-6-16(15)22(26)31/h3-4,7-8,11,13,15-16H,5-6,9-10,12H2,1-2H3,(H,25,29)/t13-,15-,16+/m0/s1. The molecule has 0 radical (unpaired) electrons. The van der Waals surface area contributed by atoms with Gasteiger partial charge in [-0.25, -0.2) is 0 Å². The van der Waals surface area contributed by atoms with Crippen molar-refractivity contribution in [3.05, 3.63) is 46.0 Å². The predicted octanol–water partition coefficient (Wildman–Crippen LogP) is 2.80. The Bertz CT molecular complexity index is 907. The molecule has 31 heavy (non-hydrogen) atoms. The number of amides is 4. The fraction of sp³-hybridized carbons (Fsp3) is 0.455. The molecular formula is C22H25Cl2N3O4. The highest BCUT2D eigenvalue weighted by molar-refractivity contribution is 6.42. The summed E-state index contributed by atoms with van der Waals surface area (Å²) in [6, 6.07) is 4.26. The van der Waals surface area contributed by atoms with E-state index in [0.717, 1.165) is 0 Å². The molecule has 1 aromatic carbocycles. The smallest absolute Gasteiger partial charge is 0.242 e. The third-order valence-electron chi connectivity index (χ3n) is 5.90. The van der Waals surface area contributed by atoms with Crippen LogP contribution in [0, 0.1) is 11.8 Å². The van der Waals surface area contributed by atoms with Crippen LogP contribution in [0.25, 0.3) is 0 Å². The first kappa shape index (κ1) is 23.3. The highest BCUT2D eigenvalue weighted by Crippen LogP contribution is 2.35. The lowest BCUT2D eigenvalue weighted by Gasteiger charge is -2.29. The van der Waals surface area contributed by atoms with E-state index in [4.69, 9.17) is 23.2 Å². The maximum absolute atomic E-state index is 13.1. The van der Waals surface area contributed by atoms with E-state index >= 15 is 0 Å². The van der Waals surface area contributed by atoms with Gasteiger partial charge in [0.1, 0.15) is 6.04 Å². The number of nitrogens with zero attached hydrogens (tertiary/aromatic N) is 2. The summed E-state index contributed by atoms with van der Waals surface area (Å²) in [5.41, 5.74) is 0.712. The Kier molecular flexibility index (Phi) is 7.38. The number of likely N-dealkylation sites (tertiary alicyclic amines) is 1. The second-order valence-electron chi connectivity index (χ2n) is 7.79. The first-order valence-electron chi connectivity index (χ1n) is 10.2. The number of allylic oxidation sites excluding steroid dienone is 2. The Morgan fingerprint density at radius 2 is 1.74 bits per heavy atom. The van der Waals surface area contributed by atoms with Gasteiger partial charge in [-0.1, -0.05) is 41.4 Å². The molecule has 7 nitrogen and oxygen atoms in total. The number of likely N-dealkylation sites (N-methyl/N-ethyl adjacent to an activating group) is 1. The van der Waals surface area contributed by atoms with Gasteiger partial charge in [-0.2, -0.15) is 0 Å². The molecule has 9 heteroatoms. The van der Waals surface area contributed by atoms with Crippen LogP contribution >= 0.6 is 23.2 Å². The molecule has 3 rings (SSSR count). The lowest BCUT2D eigenvalue weighted by molar-refractivity contribution is -0.143. The van der Waals surface area contributed by atoms with E-state index in [1.165, 1.54) is 16.8 Å². The molecular weight excluding hydrogens is 441 g/mol. The Labute approximate surface area is 191 Å². The van der Waals surface area contributed by atoms with Crippen LogP contribution in [-0.4, -0.2) is 53.1 Å². The second-order valence-corrected chi connectivity index (χ2v) is 8.61. The van der Waals surface area contributed by atoms with Gasteiger partial charge in [0.15, 0.2) is 0 Å². The zero-order chi connectivity index (χ0) is 22.7. The average Bonchev–Trinajstić information content (AvgIpc) is 3.01. The number of nitrogens with one attached hydrogen (secondary N) is 1. The third kappa shape index (κ3) is 4.93. The summed E-state index contributed by atoms with van der Waals surface area (Å²) in [6.45, 7) is 1.77. The molecule has 4 amide bonds. The van der Waals surface area contributed by atoms with Gasteiger partial charge < -0.3 is 10.2 Å². The number of hydrogen-bond acceptors (Lipinski definition) is 4. The summed E-state index contributed by atoms with van der Waals surface area (Å²) >= 11 is 12.1. The van der Waals surface area contributed by atoms with Gasteiger partial charge in [-0.15, -0.1) is 0 Å². The molecule has 0 saturated carbocycles. The van der Waals surface area contributed by atoms with E-state index in [9.17, 15) is 19.2 Å². The quantitative estimate of drug-likeness (QED) is 0.495. The van der Waals surface area contributed by atoms with Crippen LogP contribution in [-0.2, 0) is 25.7 Å². The van der Waals surface area contributed by atoms with Crippen molar-refractivity contribution in [3.63, 3.8) is 0 Å². The Morgan fingerprint density at radius 3 is 2.29 bits per heavy atom. The lowest BCUT2D eigenvalue weighted by atomic mass is 9.85. The van der Waals surface area contributed by atoms with Crippen LogP contribution < -0.4 is 5.32 Å². The van der Waals surface area contributed by atoms with Crippen LogP contribution in [0.1, 0.15) is 31.7 Å². The van der Waals surface area contributed by atoms with Crippen molar-refractivity contribution in [2.24, 2.45) is 11.8 Å². The maximum atomic E-state index is 13.1. The molecule has 1 fully saturated rings. The number of halogens is 2. The first-order chi connectivity index (χ1) is 14.7. The number of hydrogen-bond donors (Lipinski definition) is 1. The minimum atomic E-state index is -0.747. The van der Waals surface area contributed by atoms with Gasteiger partial charge in [0.25, 0.3) is 0 Å². The Balaban J connectivity index is 1.72. The minimum Gasteiger partial charge on any atom is -0.357 e. The summed E-state index contributed by atoms with van der Waals surface area (Å²) in [6.07, 6.45) is 4.89. The highest BCUT2D eigenvalue weighted by Gasteiger charge is 2.47. The maximum Gasteiger partial charge on any atom is 0.242 e. The summed E-state index contributed by atoms with van der Waals surface area (Å²) < 4.78 is 0. The largest absolute Gasteiger partial charge is 0.357 e. The summed E-state index contributed by atoms with van der Waals surface area (Å²) in [5.74, 6) is -1.76. The summed E-state index contributed by atoms with van der Waals surface area (Å²) in [5, 5.41) is 3.29. The predicted molar refractivity (Wildman–Crippen MR) is 117 cm³/mol. The van der Waals surface area contributed by atoms with Crippen LogP contribution in [0.4, 0.5) is 0 Å². The van der Waals surface area contributed by atoms with E-state index < -0.39 is 6.04 Å². The van der Waals surface area contributed by atoms with Crippen molar-refractivity contribution in [2.75, 3.05) is 13.6 Å². The van der Waals surface area contributed by atoms with Gasteiger partial charge in [0.2, 0.25) is 23.6 Å². The van der Waals surface area contributed by atoms with Gasteiger partial charge >= 0.3 is 0 Å². The molecule has 0 unspecified atom stereocenters. The fourth-order valence-corrected chi connectivity index (χ4v) is 4.39. The monoisotopic (exact) mass is 465 g/mol. The zero-order valence-electron chi connectivity index (χ0n) is 17.4. The topological polar surface area (TPSA) is 86.8 Å². The van der Waals surface area contributed by atoms with E-state index in [2.05, 4.69) is 5.32 Å². The molecule has 2 aliphatic rings. The Hall–Kier alpha value is -2.38.